The second-order valence-corrected chi connectivity index (χ2v) is 7.07. The molecule has 0 fully saturated rings. The summed E-state index contributed by atoms with van der Waals surface area (Å²) in [6.07, 6.45) is 2.57. The molecule has 100 valence electrons. The van der Waals surface area contributed by atoms with E-state index >= 15 is 0 Å². The van der Waals surface area contributed by atoms with Crippen molar-refractivity contribution >= 4 is 30.6 Å². The van der Waals surface area contributed by atoms with Crippen LogP contribution in [0.4, 0.5) is 0 Å². The van der Waals surface area contributed by atoms with Gasteiger partial charge in [-0.15, -0.1) is 0 Å². The summed E-state index contributed by atoms with van der Waals surface area (Å²) in [5.74, 6) is 0.636. The predicted octanol–water partition coefficient (Wildman–Crippen LogP) is 1.66. The van der Waals surface area contributed by atoms with Gasteiger partial charge in [-0.05, 0) is 25.0 Å². The summed E-state index contributed by atoms with van der Waals surface area (Å²) in [6.45, 7) is 0.634. The van der Waals surface area contributed by atoms with E-state index in [9.17, 15) is 13.2 Å². The first-order chi connectivity index (χ1) is 8.98. The Kier molecular flexibility index (Phi) is 2.87. The van der Waals surface area contributed by atoms with Gasteiger partial charge in [-0.25, -0.2) is 13.4 Å². The Morgan fingerprint density at radius 2 is 2.05 bits per heavy atom. The van der Waals surface area contributed by atoms with Crippen LogP contribution < -0.4 is 5.56 Å². The Morgan fingerprint density at radius 3 is 2.79 bits per heavy atom. The number of aromatic nitrogens is 2. The van der Waals surface area contributed by atoms with Crippen molar-refractivity contribution in [3.8, 4) is 0 Å². The van der Waals surface area contributed by atoms with Crippen molar-refractivity contribution in [1.29, 1.82) is 0 Å². The lowest BCUT2D eigenvalue weighted by Gasteiger charge is -2.18. The normalized spacial score (nSPS) is 15.4. The van der Waals surface area contributed by atoms with Crippen LogP contribution in [0.1, 0.15) is 18.7 Å². The number of fused-ring (bicyclic) bond motifs is 2. The van der Waals surface area contributed by atoms with E-state index in [0.29, 0.717) is 24.2 Å². The Labute approximate surface area is 114 Å². The largest absolute Gasteiger partial charge is 0.296 e. The number of hydrogen-bond acceptors (Lipinski definition) is 4. The molecule has 0 amide bonds. The fourth-order valence-electron chi connectivity index (χ4n) is 2.43. The minimum atomic E-state index is -3.91. The second kappa shape index (κ2) is 4.31. The molecule has 0 aliphatic carbocycles. The van der Waals surface area contributed by atoms with Crippen LogP contribution in [0.25, 0.3) is 10.9 Å². The molecule has 1 aromatic carbocycles. The topological polar surface area (TPSA) is 69.0 Å². The minimum absolute atomic E-state index is 0.0993. The third-order valence-corrected chi connectivity index (χ3v) is 4.68. The zero-order valence-corrected chi connectivity index (χ0v) is 11.5. The molecule has 2 heterocycles. The van der Waals surface area contributed by atoms with Crippen molar-refractivity contribution < 1.29 is 8.42 Å². The standard InChI is InChI=1S/C12H11ClN2O3S/c13-19(17,18)9-5-3-4-8-11(9)14-10-6-1-2-7-15(10)12(8)16/h3-5H,1-2,6-7H2. The van der Waals surface area contributed by atoms with Gasteiger partial charge in [0.15, 0.2) is 0 Å². The van der Waals surface area contributed by atoms with Gasteiger partial charge in [0, 0.05) is 23.6 Å². The number of halogens is 1. The molecule has 0 atom stereocenters. The maximum absolute atomic E-state index is 12.3. The first-order valence-electron chi connectivity index (χ1n) is 5.95. The molecule has 0 radical (unpaired) electrons. The molecule has 0 bridgehead atoms. The van der Waals surface area contributed by atoms with Gasteiger partial charge in [0.2, 0.25) is 0 Å². The highest BCUT2D eigenvalue weighted by atomic mass is 35.7. The number of nitrogens with zero attached hydrogens (tertiary/aromatic N) is 2. The monoisotopic (exact) mass is 298 g/mol. The highest BCUT2D eigenvalue weighted by Gasteiger charge is 2.20. The van der Waals surface area contributed by atoms with Gasteiger partial charge < -0.3 is 0 Å². The van der Waals surface area contributed by atoms with E-state index in [-0.39, 0.29) is 16.0 Å². The molecule has 7 heteroatoms. The molecule has 1 aliphatic rings. The predicted molar refractivity (Wildman–Crippen MR) is 72.0 cm³/mol. The maximum atomic E-state index is 12.3. The molecule has 0 unspecified atom stereocenters. The average Bonchev–Trinajstić information content (AvgIpc) is 2.37. The summed E-state index contributed by atoms with van der Waals surface area (Å²) in [6, 6.07) is 4.46. The number of hydrogen-bond donors (Lipinski definition) is 0. The molecule has 1 aromatic heterocycles. The van der Waals surface area contributed by atoms with Crippen LogP contribution in [-0.2, 0) is 22.0 Å². The number of aryl methyl sites for hydroxylation is 1. The van der Waals surface area contributed by atoms with Crippen LogP contribution in [0.3, 0.4) is 0 Å². The van der Waals surface area contributed by atoms with E-state index in [1.54, 1.807) is 10.6 Å². The third kappa shape index (κ3) is 2.04. The van der Waals surface area contributed by atoms with Gasteiger partial charge >= 0.3 is 0 Å². The summed E-state index contributed by atoms with van der Waals surface area (Å²) in [4.78, 5) is 16.6. The highest BCUT2D eigenvalue weighted by Crippen LogP contribution is 2.23. The summed E-state index contributed by atoms with van der Waals surface area (Å²) in [5.41, 5.74) is -0.0162. The molecule has 0 N–H and O–H groups in total. The second-order valence-electron chi connectivity index (χ2n) is 4.53. The molecule has 19 heavy (non-hydrogen) atoms. The Morgan fingerprint density at radius 1 is 1.26 bits per heavy atom. The fraction of sp³-hybridized carbons (Fsp3) is 0.333. The lowest BCUT2D eigenvalue weighted by molar-refractivity contribution is 0.500. The van der Waals surface area contributed by atoms with E-state index in [4.69, 9.17) is 10.7 Å². The number of para-hydroxylation sites is 1. The van der Waals surface area contributed by atoms with E-state index in [1.807, 2.05) is 0 Å². The van der Waals surface area contributed by atoms with Crippen molar-refractivity contribution in [1.82, 2.24) is 9.55 Å². The van der Waals surface area contributed by atoms with Crippen LogP contribution in [-0.4, -0.2) is 18.0 Å². The molecular weight excluding hydrogens is 288 g/mol. The van der Waals surface area contributed by atoms with Crippen LogP contribution in [0, 0.1) is 0 Å². The smallest absolute Gasteiger partial charge is 0.263 e. The van der Waals surface area contributed by atoms with Crippen LogP contribution in [0.5, 0.6) is 0 Å². The highest BCUT2D eigenvalue weighted by molar-refractivity contribution is 8.14. The first-order valence-corrected chi connectivity index (χ1v) is 8.26. The van der Waals surface area contributed by atoms with E-state index in [1.165, 1.54) is 12.1 Å². The Bertz CT molecular complexity index is 827. The van der Waals surface area contributed by atoms with E-state index in [2.05, 4.69) is 4.98 Å². The number of rotatable bonds is 1. The van der Waals surface area contributed by atoms with Gasteiger partial charge in [-0.1, -0.05) is 6.07 Å². The Balaban J connectivity index is 2.46. The van der Waals surface area contributed by atoms with Crippen molar-refractivity contribution in [3.63, 3.8) is 0 Å². The molecule has 0 saturated heterocycles. The molecule has 0 spiro atoms. The van der Waals surface area contributed by atoms with Crippen molar-refractivity contribution in [2.24, 2.45) is 0 Å². The molecule has 0 saturated carbocycles. The van der Waals surface area contributed by atoms with Gasteiger partial charge in [0.1, 0.15) is 10.7 Å². The zero-order valence-electron chi connectivity index (χ0n) is 9.97. The lowest BCUT2D eigenvalue weighted by Crippen LogP contribution is -2.28. The quantitative estimate of drug-likeness (QED) is 0.751. The summed E-state index contributed by atoms with van der Waals surface area (Å²) < 4.78 is 24.7. The fourth-order valence-corrected chi connectivity index (χ4v) is 3.43. The minimum Gasteiger partial charge on any atom is -0.296 e. The van der Waals surface area contributed by atoms with Crippen LogP contribution >= 0.6 is 10.7 Å². The average molecular weight is 299 g/mol. The van der Waals surface area contributed by atoms with Crippen molar-refractivity contribution in [2.45, 2.75) is 30.7 Å². The summed E-state index contributed by atoms with van der Waals surface area (Å²) in [7, 11) is 1.49. The van der Waals surface area contributed by atoms with Gasteiger partial charge in [0.25, 0.3) is 14.6 Å². The SMILES string of the molecule is O=c1c2cccc(S(=O)(=O)Cl)c2nc2n1CCCC2. The van der Waals surface area contributed by atoms with Gasteiger partial charge in [-0.3, -0.25) is 9.36 Å². The summed E-state index contributed by atoms with van der Waals surface area (Å²) in [5, 5.41) is 0.298. The lowest BCUT2D eigenvalue weighted by atomic mass is 10.1. The van der Waals surface area contributed by atoms with Crippen molar-refractivity contribution in [2.75, 3.05) is 0 Å². The number of benzene rings is 1. The molecular formula is C12H11ClN2O3S. The van der Waals surface area contributed by atoms with Gasteiger partial charge in [0.05, 0.1) is 10.9 Å². The van der Waals surface area contributed by atoms with Crippen LogP contribution in [0.15, 0.2) is 27.9 Å². The molecule has 1 aliphatic heterocycles. The maximum Gasteiger partial charge on any atom is 0.263 e. The Hall–Kier alpha value is -1.40. The molecule has 3 rings (SSSR count). The zero-order chi connectivity index (χ0) is 13.6. The third-order valence-electron chi connectivity index (χ3n) is 3.32. The van der Waals surface area contributed by atoms with Gasteiger partial charge in [-0.2, -0.15) is 0 Å². The van der Waals surface area contributed by atoms with Crippen LogP contribution in [0.2, 0.25) is 0 Å². The molecule has 5 nitrogen and oxygen atoms in total. The first kappa shape index (κ1) is 12.6. The van der Waals surface area contributed by atoms with Crippen molar-refractivity contribution in [3.05, 3.63) is 34.4 Å². The summed E-state index contributed by atoms with van der Waals surface area (Å²) >= 11 is 0. The van der Waals surface area contributed by atoms with E-state index in [0.717, 1.165) is 12.8 Å². The van der Waals surface area contributed by atoms with E-state index < -0.39 is 9.05 Å². The molecule has 2 aromatic rings.